The maximum atomic E-state index is 13.5. The van der Waals surface area contributed by atoms with Gasteiger partial charge in [-0.15, -0.1) is 0 Å². The number of benzene rings is 2. The molecule has 7 nitrogen and oxygen atoms in total. The van der Waals surface area contributed by atoms with E-state index in [-0.39, 0.29) is 11.1 Å². The van der Waals surface area contributed by atoms with Gasteiger partial charge in [0.05, 0.1) is 28.3 Å². The number of nitrogens with zero attached hydrogens (tertiary/aromatic N) is 4. The van der Waals surface area contributed by atoms with E-state index in [0.717, 1.165) is 17.1 Å². The molecule has 2 aromatic carbocycles. The van der Waals surface area contributed by atoms with Gasteiger partial charge in [0.2, 0.25) is 5.43 Å². The fraction of sp³-hybridized carbons (Fsp3) is 0.158. The second-order valence-electron chi connectivity index (χ2n) is 6.15. The highest BCUT2D eigenvalue weighted by Gasteiger charge is 2.16. The molecule has 0 saturated heterocycles. The van der Waals surface area contributed by atoms with Crippen LogP contribution in [0.1, 0.15) is 10.5 Å². The van der Waals surface area contributed by atoms with Crippen LogP contribution < -0.4 is 10.7 Å². The number of imidazole rings is 1. The number of aryl methyl sites for hydroxylation is 1. The maximum absolute atomic E-state index is 13.5. The Morgan fingerprint density at radius 2 is 2.00 bits per heavy atom. The summed E-state index contributed by atoms with van der Waals surface area (Å²) < 4.78 is 16.8. The van der Waals surface area contributed by atoms with Crippen molar-refractivity contribution in [2.24, 2.45) is 7.05 Å². The van der Waals surface area contributed by atoms with Gasteiger partial charge < -0.3 is 9.88 Å². The summed E-state index contributed by atoms with van der Waals surface area (Å²) in [6.07, 6.45) is 1.70. The third kappa shape index (κ3) is 3.05. The van der Waals surface area contributed by atoms with Crippen LogP contribution in [0.15, 0.2) is 53.6 Å². The summed E-state index contributed by atoms with van der Waals surface area (Å²) in [4.78, 5) is 29.2. The lowest BCUT2D eigenvalue weighted by Crippen LogP contribution is -2.33. The van der Waals surface area contributed by atoms with Gasteiger partial charge in [0, 0.05) is 20.1 Å². The van der Waals surface area contributed by atoms with E-state index in [1.807, 2.05) is 28.8 Å². The average Bonchev–Trinajstić information content (AvgIpc) is 3.07. The van der Waals surface area contributed by atoms with Gasteiger partial charge in [-0.3, -0.25) is 14.3 Å². The molecular weight excluding hydrogens is 349 g/mol. The fourth-order valence-electron chi connectivity index (χ4n) is 3.06. The van der Waals surface area contributed by atoms with Crippen molar-refractivity contribution in [3.63, 3.8) is 0 Å². The molecule has 0 bridgehead atoms. The lowest BCUT2D eigenvalue weighted by molar-refractivity contribution is 0.0944. The van der Waals surface area contributed by atoms with Crippen LogP contribution in [0.3, 0.4) is 0 Å². The van der Waals surface area contributed by atoms with Crippen LogP contribution in [0.5, 0.6) is 0 Å². The third-order valence-electron chi connectivity index (χ3n) is 4.40. The Morgan fingerprint density at radius 1 is 1.19 bits per heavy atom. The van der Waals surface area contributed by atoms with Crippen molar-refractivity contribution in [2.75, 3.05) is 6.54 Å². The molecule has 0 atom stereocenters. The number of carbonyl (C=O) groups is 1. The van der Waals surface area contributed by atoms with Gasteiger partial charge in [-0.05, 0) is 30.3 Å². The first-order chi connectivity index (χ1) is 13.0. The predicted molar refractivity (Wildman–Crippen MR) is 99.0 cm³/mol. The monoisotopic (exact) mass is 365 g/mol. The van der Waals surface area contributed by atoms with Gasteiger partial charge in [-0.1, -0.05) is 12.1 Å². The highest BCUT2D eigenvalue weighted by atomic mass is 19.1. The van der Waals surface area contributed by atoms with Crippen LogP contribution in [-0.2, 0) is 13.6 Å². The largest absolute Gasteiger partial charge is 0.349 e. The van der Waals surface area contributed by atoms with Crippen LogP contribution in [-0.4, -0.2) is 31.8 Å². The smallest absolute Gasteiger partial charge is 0.275 e. The number of hydrogen-bond acceptors (Lipinski definition) is 4. The molecule has 2 heterocycles. The molecule has 0 spiro atoms. The van der Waals surface area contributed by atoms with E-state index in [0.29, 0.717) is 18.6 Å². The predicted octanol–water partition coefficient (Wildman–Crippen LogP) is 1.85. The number of hydrogen-bond donors (Lipinski definition) is 1. The van der Waals surface area contributed by atoms with Crippen LogP contribution in [0.2, 0.25) is 0 Å². The molecule has 8 heteroatoms. The van der Waals surface area contributed by atoms with Crippen LogP contribution >= 0.6 is 0 Å². The zero-order valence-electron chi connectivity index (χ0n) is 14.5. The van der Waals surface area contributed by atoms with E-state index >= 15 is 0 Å². The highest BCUT2D eigenvalue weighted by molar-refractivity contribution is 5.95. The molecular formula is C19H16FN5O2. The van der Waals surface area contributed by atoms with Gasteiger partial charge in [-0.25, -0.2) is 9.37 Å². The first-order valence-electron chi connectivity index (χ1n) is 8.39. The summed E-state index contributed by atoms with van der Waals surface area (Å²) >= 11 is 0. The Kier molecular flexibility index (Phi) is 4.15. The first kappa shape index (κ1) is 16.9. The SMILES string of the molecule is Cn1nc(C(=O)NCCn2cnc3ccccc32)c(=O)c2cc(F)ccc21. The lowest BCUT2D eigenvalue weighted by atomic mass is 10.2. The zero-order valence-corrected chi connectivity index (χ0v) is 14.5. The van der Waals surface area contributed by atoms with Gasteiger partial charge in [0.15, 0.2) is 5.69 Å². The number of rotatable bonds is 4. The van der Waals surface area contributed by atoms with Crippen molar-refractivity contribution in [2.45, 2.75) is 6.54 Å². The molecule has 0 saturated carbocycles. The zero-order chi connectivity index (χ0) is 19.0. The molecule has 4 rings (SSSR count). The summed E-state index contributed by atoms with van der Waals surface area (Å²) in [5.74, 6) is -1.13. The molecule has 0 aliphatic carbocycles. The van der Waals surface area contributed by atoms with Crippen molar-refractivity contribution >= 4 is 27.8 Å². The summed E-state index contributed by atoms with van der Waals surface area (Å²) in [5, 5.41) is 6.86. The molecule has 1 amide bonds. The van der Waals surface area contributed by atoms with Crippen LogP contribution in [0, 0.1) is 5.82 Å². The van der Waals surface area contributed by atoms with E-state index in [1.54, 1.807) is 13.4 Å². The topological polar surface area (TPSA) is 81.8 Å². The average molecular weight is 365 g/mol. The summed E-state index contributed by atoms with van der Waals surface area (Å²) in [6, 6.07) is 11.5. The molecule has 0 aliphatic heterocycles. The summed E-state index contributed by atoms with van der Waals surface area (Å²) in [7, 11) is 1.61. The number of amides is 1. The van der Waals surface area contributed by atoms with Gasteiger partial charge in [-0.2, -0.15) is 5.10 Å². The number of halogens is 1. The second kappa shape index (κ2) is 6.64. The van der Waals surface area contributed by atoms with Crippen LogP contribution in [0.25, 0.3) is 21.9 Å². The first-order valence-corrected chi connectivity index (χ1v) is 8.39. The Morgan fingerprint density at radius 3 is 2.85 bits per heavy atom. The van der Waals surface area contributed by atoms with Crippen molar-refractivity contribution in [3.05, 3.63) is 70.5 Å². The molecule has 2 aromatic heterocycles. The molecule has 136 valence electrons. The molecule has 0 fully saturated rings. The highest BCUT2D eigenvalue weighted by Crippen LogP contribution is 2.12. The number of nitrogens with one attached hydrogen (secondary N) is 1. The van der Waals surface area contributed by atoms with E-state index in [2.05, 4.69) is 15.4 Å². The van der Waals surface area contributed by atoms with Crippen molar-refractivity contribution in [3.8, 4) is 0 Å². The molecule has 0 radical (unpaired) electrons. The van der Waals surface area contributed by atoms with Crippen LogP contribution in [0.4, 0.5) is 4.39 Å². The van der Waals surface area contributed by atoms with E-state index in [9.17, 15) is 14.0 Å². The van der Waals surface area contributed by atoms with E-state index in [4.69, 9.17) is 0 Å². The minimum atomic E-state index is -0.591. The Labute approximate surface area is 153 Å². The molecule has 27 heavy (non-hydrogen) atoms. The normalized spacial score (nSPS) is 11.2. The number of fused-ring (bicyclic) bond motifs is 2. The standard InChI is InChI=1S/C19H16FN5O2/c1-24-15-7-6-12(20)10-13(15)18(26)17(23-24)19(27)21-8-9-25-11-22-14-4-2-3-5-16(14)25/h2-7,10-11H,8-9H2,1H3,(H,21,27). The number of para-hydroxylation sites is 2. The van der Waals surface area contributed by atoms with Crippen molar-refractivity contribution in [1.82, 2.24) is 24.6 Å². The van der Waals surface area contributed by atoms with Gasteiger partial charge in [0.1, 0.15) is 5.82 Å². The minimum absolute atomic E-state index is 0.123. The molecule has 0 aliphatic rings. The molecule has 4 aromatic rings. The summed E-state index contributed by atoms with van der Waals surface area (Å²) in [5.41, 5.74) is 1.44. The van der Waals surface area contributed by atoms with Crippen molar-refractivity contribution in [1.29, 1.82) is 0 Å². The summed E-state index contributed by atoms with van der Waals surface area (Å²) in [6.45, 7) is 0.792. The lowest BCUT2D eigenvalue weighted by Gasteiger charge is -2.09. The van der Waals surface area contributed by atoms with E-state index in [1.165, 1.54) is 16.8 Å². The number of carbonyl (C=O) groups excluding carboxylic acids is 1. The Bertz CT molecular complexity index is 1230. The fourth-order valence-corrected chi connectivity index (χ4v) is 3.06. The maximum Gasteiger partial charge on any atom is 0.275 e. The van der Waals surface area contributed by atoms with Crippen molar-refractivity contribution < 1.29 is 9.18 Å². The Hall–Kier alpha value is -3.55. The van der Waals surface area contributed by atoms with Gasteiger partial charge >= 0.3 is 0 Å². The number of aromatic nitrogens is 4. The Balaban J connectivity index is 1.55. The minimum Gasteiger partial charge on any atom is -0.349 e. The third-order valence-corrected chi connectivity index (χ3v) is 4.40. The quantitative estimate of drug-likeness (QED) is 0.598. The second-order valence-corrected chi connectivity index (χ2v) is 6.15. The molecule has 0 unspecified atom stereocenters. The molecule has 1 N–H and O–H groups in total. The van der Waals surface area contributed by atoms with E-state index < -0.39 is 17.2 Å². The van der Waals surface area contributed by atoms with Gasteiger partial charge in [0.25, 0.3) is 5.91 Å².